The first-order valence-electron chi connectivity index (χ1n) is 7.09. The summed E-state index contributed by atoms with van der Waals surface area (Å²) in [6.07, 6.45) is 0.292. The lowest BCUT2D eigenvalue weighted by molar-refractivity contribution is -0.114. The summed E-state index contributed by atoms with van der Waals surface area (Å²) in [6, 6.07) is 8.58. The van der Waals surface area contributed by atoms with Crippen LogP contribution in [0.15, 0.2) is 30.3 Å². The molecule has 21 heavy (non-hydrogen) atoms. The molecule has 0 bridgehead atoms. The Bertz CT molecular complexity index is 483. The third-order valence-electron chi connectivity index (χ3n) is 2.86. The van der Waals surface area contributed by atoms with E-state index < -0.39 is 23.3 Å². The third kappa shape index (κ3) is 4.88. The van der Waals surface area contributed by atoms with Crippen LogP contribution in [0.2, 0.25) is 0 Å². The fourth-order valence-corrected chi connectivity index (χ4v) is 2.05. The zero-order valence-electron chi connectivity index (χ0n) is 13.7. The minimum Gasteiger partial charge on any atom is -0.444 e. The molecule has 0 aliphatic carbocycles. The van der Waals surface area contributed by atoms with Crippen LogP contribution in [0.4, 0.5) is 4.79 Å². The zero-order valence-corrected chi connectivity index (χ0v) is 13.7. The van der Waals surface area contributed by atoms with Crippen LogP contribution in [0.25, 0.3) is 0 Å². The number of amides is 1. The monoisotopic (exact) mass is 291 g/mol. The van der Waals surface area contributed by atoms with Gasteiger partial charge in [-0.25, -0.2) is 4.79 Å². The van der Waals surface area contributed by atoms with Crippen LogP contribution in [0, 0.1) is 0 Å². The van der Waals surface area contributed by atoms with E-state index in [1.54, 1.807) is 0 Å². The smallest absolute Gasteiger partial charge is 0.411 e. The fraction of sp³-hybridized carbons (Fsp3) is 0.529. The first-order valence-corrected chi connectivity index (χ1v) is 7.09. The summed E-state index contributed by atoms with van der Waals surface area (Å²) < 4.78 is 5.46. The van der Waals surface area contributed by atoms with Crippen molar-refractivity contribution in [3.8, 4) is 0 Å². The number of ether oxygens (including phenoxy) is 1. The summed E-state index contributed by atoms with van der Waals surface area (Å²) >= 11 is 0. The summed E-state index contributed by atoms with van der Waals surface area (Å²) in [4.78, 5) is 25.6. The van der Waals surface area contributed by atoms with Crippen LogP contribution in [0.3, 0.4) is 0 Å². The van der Waals surface area contributed by atoms with Gasteiger partial charge in [0.25, 0.3) is 0 Å². The molecule has 0 aromatic heterocycles. The largest absolute Gasteiger partial charge is 0.444 e. The van der Waals surface area contributed by atoms with Crippen molar-refractivity contribution in [3.05, 3.63) is 35.9 Å². The summed E-state index contributed by atoms with van der Waals surface area (Å²) in [6.45, 7) is 11.1. The molecule has 4 nitrogen and oxygen atoms in total. The molecule has 4 heteroatoms. The Hall–Kier alpha value is -1.84. The lowest BCUT2D eigenvalue weighted by atomic mass is 9.99. The molecule has 0 fully saturated rings. The number of carbonyl (C=O) groups is 2. The SMILES string of the molecule is CC(C)(C)OC(=O)N(C(C=O)c1ccccc1)C(C)(C)C. The fourth-order valence-electron chi connectivity index (χ4n) is 2.05. The molecule has 0 aliphatic heterocycles. The summed E-state index contributed by atoms with van der Waals surface area (Å²) in [5.41, 5.74) is -0.373. The molecule has 0 spiro atoms. The second-order valence-corrected chi connectivity index (χ2v) is 7.01. The maximum absolute atomic E-state index is 12.5. The Morgan fingerprint density at radius 3 is 2.00 bits per heavy atom. The van der Waals surface area contributed by atoms with E-state index in [-0.39, 0.29) is 0 Å². The van der Waals surface area contributed by atoms with E-state index in [4.69, 9.17) is 4.74 Å². The molecule has 0 saturated heterocycles. The first kappa shape index (κ1) is 17.2. The molecule has 0 aliphatic rings. The van der Waals surface area contributed by atoms with Gasteiger partial charge in [0.15, 0.2) is 0 Å². The number of rotatable bonds is 3. The predicted octanol–water partition coefficient (Wildman–Crippen LogP) is 3.96. The Morgan fingerprint density at radius 2 is 1.62 bits per heavy atom. The van der Waals surface area contributed by atoms with Crippen LogP contribution in [-0.2, 0) is 9.53 Å². The van der Waals surface area contributed by atoms with Crippen molar-refractivity contribution in [2.24, 2.45) is 0 Å². The van der Waals surface area contributed by atoms with Gasteiger partial charge < -0.3 is 9.53 Å². The molecule has 0 saturated carbocycles. The number of nitrogens with zero attached hydrogens (tertiary/aromatic N) is 1. The number of carbonyl (C=O) groups excluding carboxylic acids is 2. The van der Waals surface area contributed by atoms with E-state index in [0.29, 0.717) is 0 Å². The van der Waals surface area contributed by atoms with Gasteiger partial charge in [-0.2, -0.15) is 0 Å². The summed E-state index contributed by atoms with van der Waals surface area (Å²) in [5, 5.41) is 0. The van der Waals surface area contributed by atoms with Crippen molar-refractivity contribution in [2.45, 2.75) is 58.7 Å². The molecule has 1 rings (SSSR count). The van der Waals surface area contributed by atoms with Gasteiger partial charge in [0, 0.05) is 5.54 Å². The van der Waals surface area contributed by atoms with Crippen molar-refractivity contribution >= 4 is 12.4 Å². The molecule has 1 amide bonds. The molecule has 116 valence electrons. The molecule has 0 heterocycles. The van der Waals surface area contributed by atoms with E-state index in [1.807, 2.05) is 71.9 Å². The van der Waals surface area contributed by atoms with Crippen LogP contribution < -0.4 is 0 Å². The minimum atomic E-state index is -0.666. The van der Waals surface area contributed by atoms with Crippen molar-refractivity contribution in [2.75, 3.05) is 0 Å². The molecule has 0 radical (unpaired) electrons. The normalized spacial score (nSPS) is 13.4. The lowest BCUT2D eigenvalue weighted by Gasteiger charge is -2.40. The zero-order chi connectivity index (χ0) is 16.3. The maximum atomic E-state index is 12.5. The molecule has 1 aromatic carbocycles. The second kappa shape index (κ2) is 6.29. The van der Waals surface area contributed by atoms with Crippen LogP contribution in [0.1, 0.15) is 53.1 Å². The number of hydrogen-bond donors (Lipinski definition) is 0. The Morgan fingerprint density at radius 1 is 1.10 bits per heavy atom. The Labute approximate surface area is 127 Å². The Balaban J connectivity index is 3.18. The van der Waals surface area contributed by atoms with Crippen LogP contribution in [0.5, 0.6) is 0 Å². The minimum absolute atomic E-state index is 0.490. The van der Waals surface area contributed by atoms with Gasteiger partial charge in [-0.15, -0.1) is 0 Å². The van der Waals surface area contributed by atoms with Gasteiger partial charge in [0.2, 0.25) is 0 Å². The van der Waals surface area contributed by atoms with Crippen LogP contribution in [-0.4, -0.2) is 28.4 Å². The topological polar surface area (TPSA) is 46.6 Å². The number of benzene rings is 1. The highest BCUT2D eigenvalue weighted by Gasteiger charge is 2.36. The first-order chi connectivity index (χ1) is 9.56. The summed E-state index contributed by atoms with van der Waals surface area (Å²) in [5.74, 6) is 0. The number of hydrogen-bond acceptors (Lipinski definition) is 3. The quantitative estimate of drug-likeness (QED) is 0.792. The van der Waals surface area contributed by atoms with E-state index in [1.165, 1.54) is 4.90 Å². The van der Waals surface area contributed by atoms with E-state index in [2.05, 4.69) is 0 Å². The van der Waals surface area contributed by atoms with Gasteiger partial charge in [-0.1, -0.05) is 30.3 Å². The standard InChI is InChI=1S/C17H25NO3/c1-16(2,3)18(15(20)21-17(4,5)6)14(12-19)13-10-8-7-9-11-13/h7-12,14H,1-6H3. The molecular formula is C17H25NO3. The van der Waals surface area contributed by atoms with Crippen LogP contribution >= 0.6 is 0 Å². The van der Waals surface area contributed by atoms with Gasteiger partial charge in [0.05, 0.1) is 0 Å². The van der Waals surface area contributed by atoms with E-state index in [0.717, 1.165) is 11.8 Å². The second-order valence-electron chi connectivity index (χ2n) is 7.01. The van der Waals surface area contributed by atoms with Gasteiger partial charge in [-0.05, 0) is 47.1 Å². The average Bonchev–Trinajstić information content (AvgIpc) is 2.32. The highest BCUT2D eigenvalue weighted by Crippen LogP contribution is 2.29. The molecule has 1 unspecified atom stereocenters. The highest BCUT2D eigenvalue weighted by molar-refractivity contribution is 5.75. The molecule has 1 aromatic rings. The van der Waals surface area contributed by atoms with Gasteiger partial charge in [0.1, 0.15) is 17.9 Å². The highest BCUT2D eigenvalue weighted by atomic mass is 16.6. The lowest BCUT2D eigenvalue weighted by Crippen LogP contribution is -2.50. The van der Waals surface area contributed by atoms with Crippen molar-refractivity contribution in [1.82, 2.24) is 4.90 Å². The number of aldehydes is 1. The predicted molar refractivity (Wildman–Crippen MR) is 83.1 cm³/mol. The van der Waals surface area contributed by atoms with E-state index >= 15 is 0 Å². The molecule has 0 N–H and O–H groups in total. The van der Waals surface area contributed by atoms with Gasteiger partial charge in [-0.3, -0.25) is 4.90 Å². The van der Waals surface area contributed by atoms with Crippen molar-refractivity contribution in [1.29, 1.82) is 0 Å². The Kier molecular flexibility index (Phi) is 5.15. The molecule has 1 atom stereocenters. The molecular weight excluding hydrogens is 266 g/mol. The third-order valence-corrected chi connectivity index (χ3v) is 2.86. The average molecular weight is 291 g/mol. The van der Waals surface area contributed by atoms with Crippen molar-refractivity contribution in [3.63, 3.8) is 0 Å². The maximum Gasteiger partial charge on any atom is 0.411 e. The summed E-state index contributed by atoms with van der Waals surface area (Å²) in [7, 11) is 0. The van der Waals surface area contributed by atoms with E-state index in [9.17, 15) is 9.59 Å². The van der Waals surface area contributed by atoms with Crippen molar-refractivity contribution < 1.29 is 14.3 Å². The van der Waals surface area contributed by atoms with Gasteiger partial charge >= 0.3 is 6.09 Å².